The highest BCUT2D eigenvalue weighted by atomic mass is 16.6. The molecule has 2 amide bonds. The van der Waals surface area contributed by atoms with Gasteiger partial charge in [-0.2, -0.15) is 4.98 Å². The van der Waals surface area contributed by atoms with Crippen molar-refractivity contribution in [3.8, 4) is 0 Å². The van der Waals surface area contributed by atoms with Gasteiger partial charge in [0.05, 0.1) is 50.8 Å². The van der Waals surface area contributed by atoms with E-state index < -0.39 is 84.8 Å². The number of aromatic amines is 1. The maximum absolute atomic E-state index is 12.4. The summed E-state index contributed by atoms with van der Waals surface area (Å²) in [6.45, 7) is 4.68. The van der Waals surface area contributed by atoms with E-state index in [1.165, 1.54) is 43.6 Å². The van der Waals surface area contributed by atoms with Gasteiger partial charge in [0, 0.05) is 49.4 Å². The Morgan fingerprint density at radius 3 is 1.83 bits per heavy atom. The summed E-state index contributed by atoms with van der Waals surface area (Å²) < 4.78 is 26.4. The van der Waals surface area contributed by atoms with Crippen molar-refractivity contribution in [1.29, 1.82) is 0 Å². The molecular formula is C44H54N12O16. The molecule has 6 aromatic rings. The van der Waals surface area contributed by atoms with Crippen molar-refractivity contribution in [2.45, 2.75) is 109 Å². The molecule has 3 fully saturated rings. The first-order valence-electron chi connectivity index (χ1n) is 22.5. The fourth-order valence-corrected chi connectivity index (χ4v) is 7.76. The monoisotopic (exact) mass is 1010 g/mol. The molecular weight excluding hydrogens is 953 g/mol. The second-order valence-corrected chi connectivity index (χ2v) is 17.1. The van der Waals surface area contributed by atoms with E-state index in [1.54, 1.807) is 42.7 Å². The van der Waals surface area contributed by atoms with Crippen molar-refractivity contribution < 1.29 is 64.0 Å². The maximum atomic E-state index is 12.4. The molecule has 28 heteroatoms. The summed E-state index contributed by atoms with van der Waals surface area (Å²) in [6, 6.07) is 8.79. The molecule has 0 saturated carbocycles. The van der Waals surface area contributed by atoms with E-state index in [0.717, 1.165) is 9.13 Å². The van der Waals surface area contributed by atoms with Crippen molar-refractivity contribution in [2.75, 3.05) is 30.5 Å². The molecule has 0 bridgehead atoms. The largest absolute Gasteiger partial charge is 0.444 e. The van der Waals surface area contributed by atoms with E-state index in [4.69, 9.17) is 24.1 Å². The van der Waals surface area contributed by atoms with E-state index in [9.17, 15) is 54.3 Å². The topological polar surface area (TPSA) is 385 Å². The summed E-state index contributed by atoms with van der Waals surface area (Å²) in [5.41, 5.74) is 0.213. The smallest absolute Gasteiger partial charge is 0.335 e. The molecule has 3 aliphatic heterocycles. The molecule has 9 atom stereocenters. The highest BCUT2D eigenvalue weighted by molar-refractivity contribution is 6.06. The number of esters is 1. The van der Waals surface area contributed by atoms with Crippen LogP contribution in [0.3, 0.4) is 0 Å². The molecule has 1 aromatic carbocycles. The third-order valence-corrected chi connectivity index (χ3v) is 11.7. The zero-order valence-corrected chi connectivity index (χ0v) is 39.2. The average molecular weight is 1010 g/mol. The lowest BCUT2D eigenvalue weighted by Crippen LogP contribution is -2.42. The number of carbonyl (C=O) groups excluding carboxylic acids is 3. The number of aromatic nitrogens is 10. The van der Waals surface area contributed by atoms with Gasteiger partial charge in [-0.15, -0.1) is 0 Å². The minimum absolute atomic E-state index is 0.0187. The second kappa shape index (κ2) is 22.9. The van der Waals surface area contributed by atoms with Crippen LogP contribution >= 0.6 is 0 Å². The summed E-state index contributed by atoms with van der Waals surface area (Å²) in [5, 5.41) is 62.3. The van der Waals surface area contributed by atoms with Crippen LogP contribution < -0.4 is 27.4 Å². The Labute approximate surface area is 406 Å². The Hall–Kier alpha value is -7.15. The Morgan fingerprint density at radius 1 is 0.764 bits per heavy atom. The summed E-state index contributed by atoms with van der Waals surface area (Å²) in [6.07, 6.45) is -0.308. The maximum Gasteiger partial charge on any atom is 0.335 e. The number of hydrogen-bond acceptors (Lipinski definition) is 21. The average Bonchev–Trinajstić information content (AvgIpc) is 4.21. The lowest BCUT2D eigenvalue weighted by molar-refractivity contribution is -0.145. The molecule has 3 unspecified atom stereocenters. The molecule has 386 valence electrons. The Bertz CT molecular complexity index is 3060. The third kappa shape index (κ3) is 11.6. The number of benzene rings is 1. The van der Waals surface area contributed by atoms with E-state index in [-0.39, 0.29) is 73.1 Å². The van der Waals surface area contributed by atoms with Crippen LogP contribution in [0.25, 0.3) is 22.3 Å². The quantitative estimate of drug-likeness (QED) is 0.0634. The normalized spacial score (nSPS) is 23.6. The number of aliphatic hydroxyl groups is 6. The van der Waals surface area contributed by atoms with Gasteiger partial charge in [-0.25, -0.2) is 29.3 Å². The minimum atomic E-state index is -0.906. The standard InChI is InChI=1S/C17H17N5O4.C14H19N5O5.C13H18N2O7/c23-7-12-11(24)6-13(26-12)22-9-20-14-15(18-8-19-16(14)22)21-17(25)10-4-2-1-3-5-10;1-6(2)12(22)17-14-16-11-10(13(23)18-14)15-5-19(11)9-3-7(21)8(4-20)24-9;1-7-4-14(11-3-9(18)10(5-16)22-11)13(20)15(12(7)19)6-21-8(2)17/h1-5,8-9,11-13,23-24H,6-7H2,(H,18,19,21,25);5-9,20-21H,3-4H2,1-2H3,(H2,16,17,18,22,23);4,9-11,16,18H,3,5-6H2,1-2H3/t11?,12-,13-;7?,8-,9-;9?,10-,11-/m111/s1. The lowest BCUT2D eigenvalue weighted by atomic mass is 10.2. The number of rotatable bonds is 12. The number of aryl methyl sites for hydroxylation is 1. The third-order valence-electron chi connectivity index (χ3n) is 11.7. The van der Waals surface area contributed by atoms with Crippen LogP contribution in [-0.4, -0.2) is 153 Å². The molecule has 9 N–H and O–H groups in total. The summed E-state index contributed by atoms with van der Waals surface area (Å²) >= 11 is 0. The van der Waals surface area contributed by atoms with Crippen LogP contribution in [0.1, 0.15) is 74.6 Å². The first-order chi connectivity index (χ1) is 34.4. The number of H-pyrrole nitrogens is 1. The molecule has 72 heavy (non-hydrogen) atoms. The summed E-state index contributed by atoms with van der Waals surface area (Å²) in [7, 11) is 0. The molecule has 0 spiro atoms. The first kappa shape index (κ1) is 52.7. The fourth-order valence-electron chi connectivity index (χ4n) is 7.76. The van der Waals surface area contributed by atoms with Gasteiger partial charge in [0.1, 0.15) is 43.3 Å². The molecule has 3 aliphatic rings. The molecule has 28 nitrogen and oxygen atoms in total. The highest BCUT2D eigenvalue weighted by Crippen LogP contribution is 2.33. The number of fused-ring (bicyclic) bond motifs is 2. The number of aliphatic hydroxyl groups excluding tert-OH is 6. The number of ether oxygens (including phenoxy) is 4. The van der Waals surface area contributed by atoms with Gasteiger partial charge in [0.2, 0.25) is 11.9 Å². The van der Waals surface area contributed by atoms with Gasteiger partial charge < -0.3 is 54.9 Å². The first-order valence-corrected chi connectivity index (χ1v) is 22.5. The summed E-state index contributed by atoms with van der Waals surface area (Å²) in [4.78, 5) is 94.8. The Balaban J connectivity index is 0.000000159. The molecule has 3 saturated heterocycles. The number of nitrogens with zero attached hydrogens (tertiary/aromatic N) is 9. The van der Waals surface area contributed by atoms with E-state index in [0.29, 0.717) is 29.0 Å². The number of carbonyl (C=O) groups is 3. The lowest BCUT2D eigenvalue weighted by Gasteiger charge is -2.17. The van der Waals surface area contributed by atoms with Crippen LogP contribution in [0.4, 0.5) is 11.8 Å². The zero-order chi connectivity index (χ0) is 52.0. The van der Waals surface area contributed by atoms with Crippen LogP contribution in [0, 0.1) is 12.8 Å². The van der Waals surface area contributed by atoms with Gasteiger partial charge in [0.25, 0.3) is 17.0 Å². The summed E-state index contributed by atoms with van der Waals surface area (Å²) in [5.74, 6) is -1.16. The molecule has 8 heterocycles. The van der Waals surface area contributed by atoms with E-state index in [2.05, 4.69) is 40.5 Å². The second-order valence-electron chi connectivity index (χ2n) is 17.1. The van der Waals surface area contributed by atoms with E-state index in [1.807, 2.05) is 6.07 Å². The van der Waals surface area contributed by atoms with Gasteiger partial charge in [0.15, 0.2) is 34.9 Å². The predicted molar refractivity (Wildman–Crippen MR) is 248 cm³/mol. The van der Waals surface area contributed by atoms with Crippen molar-refractivity contribution >= 4 is 51.9 Å². The van der Waals surface area contributed by atoms with Crippen molar-refractivity contribution in [3.05, 3.63) is 97.8 Å². The van der Waals surface area contributed by atoms with Gasteiger partial charge in [-0.05, 0) is 19.1 Å². The van der Waals surface area contributed by atoms with Crippen LogP contribution in [0.15, 0.2) is 69.9 Å². The van der Waals surface area contributed by atoms with Crippen LogP contribution in [0.2, 0.25) is 0 Å². The van der Waals surface area contributed by atoms with Gasteiger partial charge in [-0.3, -0.25) is 48.0 Å². The minimum Gasteiger partial charge on any atom is -0.444 e. The molecule has 0 aliphatic carbocycles. The van der Waals surface area contributed by atoms with Gasteiger partial charge >= 0.3 is 11.7 Å². The number of imidazole rings is 2. The number of nitrogens with one attached hydrogen (secondary N) is 3. The van der Waals surface area contributed by atoms with Gasteiger partial charge in [-0.1, -0.05) is 32.0 Å². The highest BCUT2D eigenvalue weighted by Gasteiger charge is 2.38. The van der Waals surface area contributed by atoms with Crippen molar-refractivity contribution in [1.82, 2.24) is 48.2 Å². The van der Waals surface area contributed by atoms with Crippen molar-refractivity contribution in [3.63, 3.8) is 0 Å². The number of anilines is 2. The number of amides is 2. The van der Waals surface area contributed by atoms with Crippen LogP contribution in [0.5, 0.6) is 0 Å². The van der Waals surface area contributed by atoms with E-state index >= 15 is 0 Å². The SMILES string of the molecule is CC(=O)OCn1c(=O)c(C)cn([C@H]2CC(O)[C@@H](CO)O2)c1=O.CC(C)C(=O)Nc1nc2c(ncn2[C@H]2CC(O)[C@@H](CO)O2)c(=O)[nH]1.O=C(Nc1ncnc2c1ncn2[C@H]1CC(O)[C@@H](CO)O1)c1ccccc1. The Morgan fingerprint density at radius 2 is 1.31 bits per heavy atom. The Kier molecular flexibility index (Phi) is 16.8. The molecule has 0 radical (unpaired) electrons. The number of hydrogen-bond donors (Lipinski definition) is 9. The fraction of sp³-hybridized carbons (Fsp3) is 0.477. The van der Waals surface area contributed by atoms with Crippen LogP contribution in [-0.2, 0) is 35.3 Å². The van der Waals surface area contributed by atoms with Crippen molar-refractivity contribution in [2.24, 2.45) is 5.92 Å². The molecule has 9 rings (SSSR count). The predicted octanol–water partition coefficient (Wildman–Crippen LogP) is -1.45. The molecule has 5 aromatic heterocycles. The zero-order valence-electron chi connectivity index (χ0n) is 39.2.